The van der Waals surface area contributed by atoms with Gasteiger partial charge in [0.2, 0.25) is 0 Å². The summed E-state index contributed by atoms with van der Waals surface area (Å²) >= 11 is 0. The van der Waals surface area contributed by atoms with E-state index in [9.17, 15) is 14.3 Å². The van der Waals surface area contributed by atoms with Crippen LogP contribution in [0.1, 0.15) is 18.6 Å². The van der Waals surface area contributed by atoms with Crippen LogP contribution in [0.15, 0.2) is 52.9 Å². The normalized spacial score (nSPS) is 19.2. The molecule has 2 amide bonds. The van der Waals surface area contributed by atoms with Gasteiger partial charge in [-0.1, -0.05) is 30.3 Å². The number of aliphatic hydroxyl groups excluding tert-OH is 1. The number of hydrogen-bond donors (Lipinski definition) is 3. The average Bonchev–Trinajstić information content (AvgIpc) is 3.01. The van der Waals surface area contributed by atoms with Crippen LogP contribution in [0, 0.1) is 5.82 Å². The van der Waals surface area contributed by atoms with Crippen molar-refractivity contribution in [3.8, 4) is 11.1 Å². The molecule has 0 radical (unpaired) electrons. The Bertz CT molecular complexity index is 939. The number of amides is 2. The largest absolute Gasteiger partial charge is 0.459 e. The van der Waals surface area contributed by atoms with Crippen molar-refractivity contribution >= 4 is 17.0 Å². The average molecular weight is 354 g/mol. The first kappa shape index (κ1) is 16.6. The molecule has 5 nitrogen and oxygen atoms in total. The van der Waals surface area contributed by atoms with Crippen LogP contribution < -0.4 is 10.6 Å². The minimum atomic E-state index is -0.477. The van der Waals surface area contributed by atoms with Gasteiger partial charge in [0.15, 0.2) is 0 Å². The Labute approximate surface area is 149 Å². The van der Waals surface area contributed by atoms with Gasteiger partial charge in [0.25, 0.3) is 0 Å². The third kappa shape index (κ3) is 3.15. The molecule has 0 bridgehead atoms. The molecule has 4 rings (SSSR count). The Kier molecular flexibility index (Phi) is 4.34. The summed E-state index contributed by atoms with van der Waals surface area (Å²) in [4.78, 5) is 12.0. The first-order chi connectivity index (χ1) is 12.6. The molecule has 134 valence electrons. The van der Waals surface area contributed by atoms with Gasteiger partial charge in [0, 0.05) is 10.9 Å². The molecule has 0 aliphatic heterocycles. The van der Waals surface area contributed by atoms with E-state index in [0.29, 0.717) is 23.2 Å². The monoisotopic (exact) mass is 354 g/mol. The predicted molar refractivity (Wildman–Crippen MR) is 96.0 cm³/mol. The number of halogens is 1. The number of urea groups is 1. The maximum Gasteiger partial charge on any atom is 0.315 e. The zero-order valence-corrected chi connectivity index (χ0v) is 14.0. The fourth-order valence-electron chi connectivity index (χ4n) is 3.20. The maximum absolute atomic E-state index is 13.7. The zero-order chi connectivity index (χ0) is 18.1. The van der Waals surface area contributed by atoms with Gasteiger partial charge < -0.3 is 20.2 Å². The Hall–Kier alpha value is -2.86. The number of fused-ring (bicyclic) bond motifs is 1. The highest BCUT2D eigenvalue weighted by Crippen LogP contribution is 2.35. The Morgan fingerprint density at radius 1 is 1.19 bits per heavy atom. The van der Waals surface area contributed by atoms with Gasteiger partial charge in [-0.25, -0.2) is 9.18 Å². The van der Waals surface area contributed by atoms with Crippen LogP contribution in [0.2, 0.25) is 0 Å². The number of benzene rings is 2. The van der Waals surface area contributed by atoms with Gasteiger partial charge in [0.05, 0.1) is 18.7 Å². The molecule has 1 heterocycles. The molecule has 1 saturated carbocycles. The predicted octanol–water partition coefficient (Wildman–Crippen LogP) is 3.56. The van der Waals surface area contributed by atoms with Crippen molar-refractivity contribution in [1.29, 1.82) is 0 Å². The van der Waals surface area contributed by atoms with E-state index in [1.54, 1.807) is 6.07 Å². The van der Waals surface area contributed by atoms with Crippen molar-refractivity contribution in [2.24, 2.45) is 0 Å². The van der Waals surface area contributed by atoms with Gasteiger partial charge in [-0.05, 0) is 36.6 Å². The number of hydrogen-bond acceptors (Lipinski definition) is 3. The van der Waals surface area contributed by atoms with Gasteiger partial charge in [0.1, 0.15) is 17.2 Å². The summed E-state index contributed by atoms with van der Waals surface area (Å²) in [6.45, 7) is 0.162. The van der Waals surface area contributed by atoms with E-state index in [1.165, 1.54) is 12.1 Å². The summed E-state index contributed by atoms with van der Waals surface area (Å²) in [5.74, 6) is 0.216. The summed E-state index contributed by atoms with van der Waals surface area (Å²) in [7, 11) is 0. The Morgan fingerprint density at radius 3 is 2.69 bits per heavy atom. The Balaban J connectivity index is 1.61. The van der Waals surface area contributed by atoms with Gasteiger partial charge in [-0.3, -0.25) is 0 Å². The highest BCUT2D eigenvalue weighted by Gasteiger charge is 2.30. The molecule has 0 unspecified atom stereocenters. The summed E-state index contributed by atoms with van der Waals surface area (Å²) in [6.07, 6.45) is 1.00. The summed E-state index contributed by atoms with van der Waals surface area (Å²) in [5.41, 5.74) is 2.23. The second kappa shape index (κ2) is 6.80. The van der Waals surface area contributed by atoms with E-state index in [2.05, 4.69) is 10.6 Å². The molecule has 1 fully saturated rings. The van der Waals surface area contributed by atoms with Gasteiger partial charge in [-0.15, -0.1) is 0 Å². The molecule has 1 aliphatic carbocycles. The van der Waals surface area contributed by atoms with Crippen molar-refractivity contribution in [3.05, 3.63) is 60.1 Å². The van der Waals surface area contributed by atoms with Crippen molar-refractivity contribution in [1.82, 2.24) is 10.6 Å². The summed E-state index contributed by atoms with van der Waals surface area (Å²) in [5, 5.41) is 15.7. The first-order valence-electron chi connectivity index (χ1n) is 8.60. The molecule has 0 spiro atoms. The van der Waals surface area contributed by atoms with E-state index in [-0.39, 0.29) is 24.4 Å². The third-order valence-corrected chi connectivity index (χ3v) is 4.75. The molecular weight excluding hydrogens is 335 g/mol. The maximum atomic E-state index is 13.7. The number of carbonyl (C=O) groups is 1. The van der Waals surface area contributed by atoms with E-state index >= 15 is 0 Å². The lowest BCUT2D eigenvalue weighted by molar-refractivity contribution is 0.0548. The van der Waals surface area contributed by atoms with E-state index in [0.717, 1.165) is 17.5 Å². The molecule has 0 saturated heterocycles. The van der Waals surface area contributed by atoms with Crippen LogP contribution in [0.3, 0.4) is 0 Å². The van der Waals surface area contributed by atoms with Crippen molar-refractivity contribution in [2.45, 2.75) is 31.5 Å². The van der Waals surface area contributed by atoms with Crippen LogP contribution in [-0.2, 0) is 6.54 Å². The summed E-state index contributed by atoms with van der Waals surface area (Å²) in [6, 6.07) is 13.4. The smallest absolute Gasteiger partial charge is 0.315 e. The SMILES string of the molecule is O=C(NCc1oc2ccc(F)cc2c1-c1ccccc1)N[C@@H]1CC[C@H]1O. The third-order valence-electron chi connectivity index (χ3n) is 4.75. The molecule has 26 heavy (non-hydrogen) atoms. The standard InChI is InChI=1S/C20H19FN2O3/c21-13-6-9-17-14(10-13)19(12-4-2-1-3-5-12)18(26-17)11-22-20(25)23-15-7-8-16(15)24/h1-6,9-10,15-16,24H,7-8,11H2,(H2,22,23,25)/t15-,16-/m1/s1. The number of rotatable bonds is 4. The molecule has 6 heteroatoms. The van der Waals surface area contributed by atoms with Crippen LogP contribution in [0.5, 0.6) is 0 Å². The highest BCUT2D eigenvalue weighted by molar-refractivity contribution is 5.96. The second-order valence-electron chi connectivity index (χ2n) is 6.48. The highest BCUT2D eigenvalue weighted by atomic mass is 19.1. The lowest BCUT2D eigenvalue weighted by Crippen LogP contribution is -2.52. The van der Waals surface area contributed by atoms with Gasteiger partial charge in [-0.2, -0.15) is 0 Å². The minimum absolute atomic E-state index is 0.162. The molecule has 1 aliphatic rings. The van der Waals surface area contributed by atoms with E-state index in [4.69, 9.17) is 4.42 Å². The van der Waals surface area contributed by atoms with Crippen LogP contribution in [-0.4, -0.2) is 23.3 Å². The van der Waals surface area contributed by atoms with Crippen LogP contribution in [0.25, 0.3) is 22.1 Å². The molecule has 2 aromatic carbocycles. The fourth-order valence-corrected chi connectivity index (χ4v) is 3.20. The molecule has 3 N–H and O–H groups in total. The number of carbonyl (C=O) groups excluding carboxylic acids is 1. The molecule has 3 aromatic rings. The lowest BCUT2D eigenvalue weighted by Gasteiger charge is -2.32. The topological polar surface area (TPSA) is 74.5 Å². The quantitative estimate of drug-likeness (QED) is 0.671. The minimum Gasteiger partial charge on any atom is -0.459 e. The lowest BCUT2D eigenvalue weighted by atomic mass is 9.89. The van der Waals surface area contributed by atoms with Crippen molar-refractivity contribution < 1.29 is 18.7 Å². The Morgan fingerprint density at radius 2 is 2.00 bits per heavy atom. The van der Waals surface area contributed by atoms with E-state index < -0.39 is 6.10 Å². The first-order valence-corrected chi connectivity index (χ1v) is 8.60. The number of nitrogens with one attached hydrogen (secondary N) is 2. The second-order valence-corrected chi connectivity index (χ2v) is 6.48. The van der Waals surface area contributed by atoms with Crippen molar-refractivity contribution in [3.63, 3.8) is 0 Å². The fraction of sp³-hybridized carbons (Fsp3) is 0.250. The molecule has 1 aromatic heterocycles. The van der Waals surface area contributed by atoms with Gasteiger partial charge >= 0.3 is 6.03 Å². The number of furan rings is 1. The zero-order valence-electron chi connectivity index (χ0n) is 14.0. The van der Waals surface area contributed by atoms with E-state index in [1.807, 2.05) is 30.3 Å². The van der Waals surface area contributed by atoms with Crippen LogP contribution >= 0.6 is 0 Å². The summed E-state index contributed by atoms with van der Waals surface area (Å²) < 4.78 is 19.6. The van der Waals surface area contributed by atoms with Crippen molar-refractivity contribution in [2.75, 3.05) is 0 Å². The number of aliphatic hydroxyl groups is 1. The molecule has 2 atom stereocenters. The van der Waals surface area contributed by atoms with Crippen LogP contribution in [0.4, 0.5) is 9.18 Å². The molecular formula is C20H19FN2O3.